The van der Waals surface area contributed by atoms with E-state index in [1.807, 2.05) is 4.90 Å². The third kappa shape index (κ3) is 7.13. The molecule has 2 aromatic rings. The molecule has 0 radical (unpaired) electrons. The van der Waals surface area contributed by atoms with Gasteiger partial charge in [-0.05, 0) is 35.4 Å². The standard InChI is InChI=1S/C19H17F7N2O.2ClH/c20-16-11-13(3-6-15(16)18(21,22)23)17(28-9-7-27-8-10-28)12-1-4-14(5-2-12)29-19(24,25)26;;/h1-6,11,17,27H,7-10H2;2*1H/t17-;;/m1../s1. The molecule has 1 aliphatic heterocycles. The second-order valence-electron chi connectivity index (χ2n) is 6.54. The van der Waals surface area contributed by atoms with Gasteiger partial charge in [0.1, 0.15) is 11.6 Å². The van der Waals surface area contributed by atoms with E-state index in [0.717, 1.165) is 18.2 Å². The minimum atomic E-state index is -4.84. The van der Waals surface area contributed by atoms with Crippen LogP contribution < -0.4 is 10.1 Å². The van der Waals surface area contributed by atoms with E-state index >= 15 is 0 Å². The largest absolute Gasteiger partial charge is 0.573 e. The van der Waals surface area contributed by atoms with E-state index in [0.29, 0.717) is 37.8 Å². The van der Waals surface area contributed by atoms with Crippen LogP contribution in [0.2, 0.25) is 0 Å². The van der Waals surface area contributed by atoms with E-state index in [1.54, 1.807) is 0 Å². The molecule has 1 heterocycles. The minimum Gasteiger partial charge on any atom is -0.406 e. The first-order valence-corrected chi connectivity index (χ1v) is 8.72. The molecule has 1 atom stereocenters. The van der Waals surface area contributed by atoms with Gasteiger partial charge in [-0.25, -0.2) is 4.39 Å². The van der Waals surface area contributed by atoms with Crippen LogP contribution in [0, 0.1) is 5.82 Å². The van der Waals surface area contributed by atoms with Crippen molar-refractivity contribution < 1.29 is 35.5 Å². The molecule has 31 heavy (non-hydrogen) atoms. The molecule has 1 saturated heterocycles. The van der Waals surface area contributed by atoms with Crippen LogP contribution in [-0.4, -0.2) is 37.4 Å². The normalized spacial score (nSPS) is 16.1. The van der Waals surface area contributed by atoms with Gasteiger partial charge in [-0.1, -0.05) is 18.2 Å². The van der Waals surface area contributed by atoms with Crippen LogP contribution in [-0.2, 0) is 6.18 Å². The summed E-state index contributed by atoms with van der Waals surface area (Å²) < 4.78 is 93.7. The summed E-state index contributed by atoms with van der Waals surface area (Å²) in [7, 11) is 0. The molecule has 1 aliphatic rings. The molecule has 0 aliphatic carbocycles. The molecule has 0 aromatic heterocycles. The third-order valence-electron chi connectivity index (χ3n) is 4.56. The lowest BCUT2D eigenvalue weighted by molar-refractivity contribution is -0.274. The Morgan fingerprint density at radius 3 is 1.87 bits per heavy atom. The molecule has 0 saturated carbocycles. The lowest BCUT2D eigenvalue weighted by Crippen LogP contribution is -2.45. The van der Waals surface area contributed by atoms with Crippen molar-refractivity contribution >= 4 is 24.8 Å². The fraction of sp³-hybridized carbons (Fsp3) is 0.368. The number of nitrogens with zero attached hydrogens (tertiary/aromatic N) is 1. The maximum Gasteiger partial charge on any atom is 0.573 e. The van der Waals surface area contributed by atoms with Gasteiger partial charge >= 0.3 is 12.5 Å². The van der Waals surface area contributed by atoms with E-state index in [-0.39, 0.29) is 30.4 Å². The van der Waals surface area contributed by atoms with Crippen molar-refractivity contribution in [3.63, 3.8) is 0 Å². The zero-order valence-corrected chi connectivity index (χ0v) is 17.4. The SMILES string of the molecule is Cl.Cl.Fc1cc([C@@H](c2ccc(OC(F)(F)F)cc2)N2CCNCC2)ccc1C(F)(F)F. The molecule has 0 spiro atoms. The average Bonchev–Trinajstić information content (AvgIpc) is 2.62. The molecule has 0 bridgehead atoms. The van der Waals surface area contributed by atoms with Crippen LogP contribution >= 0.6 is 24.8 Å². The summed E-state index contributed by atoms with van der Waals surface area (Å²) in [6.45, 7) is 2.31. The maximum atomic E-state index is 14.1. The van der Waals surface area contributed by atoms with Crippen molar-refractivity contribution in [1.82, 2.24) is 10.2 Å². The highest BCUT2D eigenvalue weighted by Crippen LogP contribution is 2.36. The van der Waals surface area contributed by atoms with Gasteiger partial charge in [-0.2, -0.15) is 13.2 Å². The first-order chi connectivity index (χ1) is 13.5. The number of hydrogen-bond donors (Lipinski definition) is 1. The Kier molecular flexibility index (Phi) is 9.43. The summed E-state index contributed by atoms with van der Waals surface area (Å²) in [6, 6.07) is 7.12. The van der Waals surface area contributed by atoms with E-state index in [4.69, 9.17) is 0 Å². The maximum absolute atomic E-state index is 14.1. The van der Waals surface area contributed by atoms with Crippen molar-refractivity contribution in [3.8, 4) is 5.75 Å². The van der Waals surface area contributed by atoms with Gasteiger partial charge in [0.2, 0.25) is 0 Å². The van der Waals surface area contributed by atoms with Gasteiger partial charge in [0.25, 0.3) is 0 Å². The predicted molar refractivity (Wildman–Crippen MR) is 105 cm³/mol. The van der Waals surface area contributed by atoms with Gasteiger partial charge in [0.15, 0.2) is 0 Å². The topological polar surface area (TPSA) is 24.5 Å². The molecule has 3 rings (SSSR count). The highest BCUT2D eigenvalue weighted by atomic mass is 35.5. The van der Waals surface area contributed by atoms with Crippen LogP contribution in [0.3, 0.4) is 0 Å². The lowest BCUT2D eigenvalue weighted by atomic mass is 9.95. The monoisotopic (exact) mass is 494 g/mol. The Morgan fingerprint density at radius 2 is 1.39 bits per heavy atom. The summed E-state index contributed by atoms with van der Waals surface area (Å²) in [5, 5.41) is 3.14. The van der Waals surface area contributed by atoms with Crippen molar-refractivity contribution in [2.75, 3.05) is 26.2 Å². The van der Waals surface area contributed by atoms with Gasteiger partial charge in [-0.3, -0.25) is 4.90 Å². The number of rotatable bonds is 4. The Morgan fingerprint density at radius 1 is 0.839 bits per heavy atom. The van der Waals surface area contributed by atoms with Crippen LogP contribution in [0.5, 0.6) is 5.75 Å². The minimum absolute atomic E-state index is 0. The van der Waals surface area contributed by atoms with Crippen molar-refractivity contribution in [1.29, 1.82) is 0 Å². The highest BCUT2D eigenvalue weighted by Gasteiger charge is 2.35. The molecule has 0 amide bonds. The van der Waals surface area contributed by atoms with Gasteiger partial charge < -0.3 is 10.1 Å². The Bertz CT molecular complexity index is 839. The summed E-state index contributed by atoms with van der Waals surface area (Å²) in [4.78, 5) is 1.93. The van der Waals surface area contributed by atoms with Crippen molar-refractivity contribution in [3.05, 3.63) is 65.0 Å². The second-order valence-corrected chi connectivity index (χ2v) is 6.54. The van der Waals surface area contributed by atoms with Crippen LogP contribution in [0.15, 0.2) is 42.5 Å². The summed E-state index contributed by atoms with van der Waals surface area (Å²) in [6.07, 6.45) is -9.65. The summed E-state index contributed by atoms with van der Waals surface area (Å²) in [5.41, 5.74) is -0.572. The zero-order chi connectivity index (χ0) is 21.2. The number of nitrogens with one attached hydrogen (secondary N) is 1. The fourth-order valence-electron chi connectivity index (χ4n) is 3.34. The Labute approximate surface area is 186 Å². The molecule has 174 valence electrons. The predicted octanol–water partition coefficient (Wildman–Crippen LogP) is 5.58. The zero-order valence-electron chi connectivity index (χ0n) is 15.8. The van der Waals surface area contributed by atoms with Crippen molar-refractivity contribution in [2.24, 2.45) is 0 Å². The molecular weight excluding hydrogens is 476 g/mol. The van der Waals surface area contributed by atoms with Gasteiger partial charge in [0.05, 0.1) is 11.6 Å². The molecular formula is C19H19Cl2F7N2O. The smallest absolute Gasteiger partial charge is 0.406 e. The summed E-state index contributed by atoms with van der Waals surface area (Å²) >= 11 is 0. The average molecular weight is 495 g/mol. The van der Waals surface area contributed by atoms with Crippen LogP contribution in [0.4, 0.5) is 30.7 Å². The number of alkyl halides is 6. The molecule has 12 heteroatoms. The number of ether oxygens (including phenoxy) is 1. The molecule has 2 aromatic carbocycles. The van der Waals surface area contributed by atoms with E-state index < -0.39 is 35.7 Å². The molecule has 0 unspecified atom stereocenters. The molecule has 1 N–H and O–H groups in total. The van der Waals surface area contributed by atoms with E-state index in [2.05, 4.69) is 10.1 Å². The number of benzene rings is 2. The Balaban J connectivity index is 0.00000240. The van der Waals surface area contributed by atoms with Crippen molar-refractivity contribution in [2.45, 2.75) is 18.6 Å². The second kappa shape index (κ2) is 10.7. The van der Waals surface area contributed by atoms with Gasteiger partial charge in [-0.15, -0.1) is 38.0 Å². The molecule has 1 fully saturated rings. The highest BCUT2D eigenvalue weighted by molar-refractivity contribution is 5.85. The Hall–Kier alpha value is -1.75. The third-order valence-corrected chi connectivity index (χ3v) is 4.56. The number of piperazine rings is 1. The van der Waals surface area contributed by atoms with E-state index in [1.165, 1.54) is 18.2 Å². The molecule has 3 nitrogen and oxygen atoms in total. The first-order valence-electron chi connectivity index (χ1n) is 8.72. The quantitative estimate of drug-likeness (QED) is 0.561. The fourth-order valence-corrected chi connectivity index (χ4v) is 3.34. The first kappa shape index (κ1) is 27.3. The van der Waals surface area contributed by atoms with Crippen LogP contribution in [0.1, 0.15) is 22.7 Å². The van der Waals surface area contributed by atoms with E-state index in [9.17, 15) is 30.7 Å². The number of hydrogen-bond acceptors (Lipinski definition) is 3. The van der Waals surface area contributed by atoms with Crippen LogP contribution in [0.25, 0.3) is 0 Å². The lowest BCUT2D eigenvalue weighted by Gasteiger charge is -2.35. The van der Waals surface area contributed by atoms with Gasteiger partial charge in [0, 0.05) is 26.2 Å². The number of halogens is 9. The summed E-state index contributed by atoms with van der Waals surface area (Å²) in [5.74, 6) is -1.81.